The van der Waals surface area contributed by atoms with Gasteiger partial charge in [0.1, 0.15) is 0 Å². The molecule has 0 aromatic heterocycles. The Morgan fingerprint density at radius 3 is 2.24 bits per heavy atom. The van der Waals surface area contributed by atoms with E-state index in [1.165, 1.54) is 5.56 Å². The van der Waals surface area contributed by atoms with E-state index < -0.39 is 28.2 Å². The minimum absolute atomic E-state index is 0.378. The molecule has 1 rings (SSSR count). The highest BCUT2D eigenvalue weighted by molar-refractivity contribution is 7.89. The van der Waals surface area contributed by atoms with Crippen molar-refractivity contribution in [3.8, 4) is 0 Å². The number of nitrogens with one attached hydrogen (secondary N) is 1. The highest BCUT2D eigenvalue weighted by Crippen LogP contribution is 2.16. The molecule has 0 bridgehead atoms. The summed E-state index contributed by atoms with van der Waals surface area (Å²) in [5, 5.41) is 8.54. The largest absolute Gasteiger partial charge is 0.481 e. The lowest BCUT2D eigenvalue weighted by atomic mass is 10.0. The highest BCUT2D eigenvalue weighted by Gasteiger charge is 2.17. The number of benzene rings is 1. The van der Waals surface area contributed by atoms with Crippen LogP contribution in [0.2, 0.25) is 0 Å². The molecule has 0 amide bonds. The lowest BCUT2D eigenvalue weighted by Gasteiger charge is -2.15. The summed E-state index contributed by atoms with van der Waals surface area (Å²) in [5.74, 6) is -0.952. The Morgan fingerprint density at radius 2 is 1.76 bits per heavy atom. The van der Waals surface area contributed by atoms with Crippen molar-refractivity contribution < 1.29 is 18.3 Å². The zero-order chi connectivity index (χ0) is 16.0. The minimum atomic E-state index is -3.58. The van der Waals surface area contributed by atoms with Crippen molar-refractivity contribution in [2.24, 2.45) is 5.92 Å². The Kier molecular flexibility index (Phi) is 6.36. The number of hydrogen-bond acceptors (Lipinski definition) is 3. The fourth-order valence-electron chi connectivity index (χ4n) is 2.03. The van der Waals surface area contributed by atoms with E-state index in [1.807, 2.05) is 24.3 Å². The van der Waals surface area contributed by atoms with Crippen LogP contribution in [-0.4, -0.2) is 25.2 Å². The second-order valence-corrected chi connectivity index (χ2v) is 7.52. The zero-order valence-electron chi connectivity index (χ0n) is 12.7. The summed E-state index contributed by atoms with van der Waals surface area (Å²) in [6.07, 6.45) is 0.592. The average Bonchev–Trinajstić information content (AvgIpc) is 2.36. The summed E-state index contributed by atoms with van der Waals surface area (Å²) < 4.78 is 26.0. The second kappa shape index (κ2) is 7.56. The van der Waals surface area contributed by atoms with Crippen LogP contribution >= 0.6 is 0 Å². The molecule has 0 saturated heterocycles. The van der Waals surface area contributed by atoms with Crippen LogP contribution in [0.1, 0.15) is 44.4 Å². The van der Waals surface area contributed by atoms with Gasteiger partial charge in [-0.15, -0.1) is 0 Å². The molecule has 1 atom stereocenters. The van der Waals surface area contributed by atoms with Gasteiger partial charge in [-0.05, 0) is 30.4 Å². The number of hydrogen-bond donors (Lipinski definition) is 2. The van der Waals surface area contributed by atoms with Crippen LogP contribution in [-0.2, 0) is 21.2 Å². The molecule has 5 nitrogen and oxygen atoms in total. The molecule has 0 spiro atoms. The quantitative estimate of drug-likeness (QED) is 0.771. The minimum Gasteiger partial charge on any atom is -0.481 e. The van der Waals surface area contributed by atoms with E-state index >= 15 is 0 Å². The van der Waals surface area contributed by atoms with E-state index in [1.54, 1.807) is 6.92 Å². The monoisotopic (exact) mass is 313 g/mol. The SMILES string of the molecule is CC(C)Cc1ccc(C(C)NS(=O)(=O)CCC(=O)O)cc1. The summed E-state index contributed by atoms with van der Waals surface area (Å²) in [4.78, 5) is 10.4. The fraction of sp³-hybridized carbons (Fsp3) is 0.533. The normalized spacial score (nSPS) is 13.3. The number of rotatable bonds is 8. The molecule has 0 aliphatic carbocycles. The van der Waals surface area contributed by atoms with Crippen LogP contribution in [0.25, 0.3) is 0 Å². The average molecular weight is 313 g/mol. The smallest absolute Gasteiger partial charge is 0.304 e. The molecule has 1 unspecified atom stereocenters. The first-order valence-electron chi connectivity index (χ1n) is 7.00. The zero-order valence-corrected chi connectivity index (χ0v) is 13.5. The molecule has 6 heteroatoms. The molecular formula is C15H23NO4S. The van der Waals surface area contributed by atoms with Gasteiger partial charge in [0.15, 0.2) is 0 Å². The van der Waals surface area contributed by atoms with Crippen molar-refractivity contribution in [3.05, 3.63) is 35.4 Å². The number of aliphatic carboxylic acids is 1. The van der Waals surface area contributed by atoms with Crippen LogP contribution in [0.4, 0.5) is 0 Å². The lowest BCUT2D eigenvalue weighted by Crippen LogP contribution is -2.30. The standard InChI is InChI=1S/C15H23NO4S/c1-11(2)10-13-4-6-14(7-5-13)12(3)16-21(19,20)9-8-15(17)18/h4-7,11-12,16H,8-10H2,1-3H3,(H,17,18). The maximum absolute atomic E-state index is 11.8. The molecular weight excluding hydrogens is 290 g/mol. The molecule has 21 heavy (non-hydrogen) atoms. The third kappa shape index (κ3) is 6.73. The van der Waals surface area contributed by atoms with Crippen molar-refractivity contribution in [1.82, 2.24) is 4.72 Å². The highest BCUT2D eigenvalue weighted by atomic mass is 32.2. The molecule has 0 fully saturated rings. The Morgan fingerprint density at radius 1 is 1.19 bits per heavy atom. The van der Waals surface area contributed by atoms with E-state index in [-0.39, 0.29) is 6.04 Å². The topological polar surface area (TPSA) is 83.5 Å². The fourth-order valence-corrected chi connectivity index (χ4v) is 3.27. The summed E-state index contributed by atoms with van der Waals surface area (Å²) in [7, 11) is -3.58. The Hall–Kier alpha value is -1.40. The second-order valence-electron chi connectivity index (χ2n) is 5.64. The van der Waals surface area contributed by atoms with Crippen molar-refractivity contribution >= 4 is 16.0 Å². The summed E-state index contributed by atoms with van der Waals surface area (Å²) >= 11 is 0. The Balaban J connectivity index is 2.66. The first kappa shape index (κ1) is 17.7. The number of carboxylic acids is 1. The van der Waals surface area contributed by atoms with Gasteiger partial charge in [0, 0.05) is 6.04 Å². The molecule has 0 saturated carbocycles. The third-order valence-electron chi connectivity index (χ3n) is 3.06. The number of sulfonamides is 1. The first-order valence-corrected chi connectivity index (χ1v) is 8.65. The number of carboxylic acid groups (broad SMARTS) is 1. The molecule has 0 aliphatic heterocycles. The van der Waals surface area contributed by atoms with Gasteiger partial charge in [0.2, 0.25) is 10.0 Å². The Bertz CT molecular complexity index is 564. The van der Waals surface area contributed by atoms with Crippen LogP contribution in [0.3, 0.4) is 0 Å². The van der Waals surface area contributed by atoms with Crippen molar-refractivity contribution in [1.29, 1.82) is 0 Å². The molecule has 118 valence electrons. The van der Waals surface area contributed by atoms with Crippen molar-refractivity contribution in [2.75, 3.05) is 5.75 Å². The molecule has 1 aromatic rings. The van der Waals surface area contributed by atoms with Crippen LogP contribution in [0.5, 0.6) is 0 Å². The van der Waals surface area contributed by atoms with Gasteiger partial charge in [0.05, 0.1) is 12.2 Å². The van der Waals surface area contributed by atoms with Gasteiger partial charge < -0.3 is 5.11 Å². The predicted octanol–water partition coefficient (Wildman–Crippen LogP) is 2.34. The lowest BCUT2D eigenvalue weighted by molar-refractivity contribution is -0.136. The van der Waals surface area contributed by atoms with E-state index in [0.29, 0.717) is 5.92 Å². The molecule has 1 aromatic carbocycles. The maximum Gasteiger partial charge on any atom is 0.304 e. The number of carbonyl (C=O) groups is 1. The van der Waals surface area contributed by atoms with E-state index in [2.05, 4.69) is 18.6 Å². The van der Waals surface area contributed by atoms with E-state index in [9.17, 15) is 13.2 Å². The summed E-state index contributed by atoms with van der Waals surface area (Å²) in [5.41, 5.74) is 2.08. The predicted molar refractivity (Wildman–Crippen MR) is 82.6 cm³/mol. The molecule has 0 radical (unpaired) electrons. The maximum atomic E-state index is 11.8. The van der Waals surface area contributed by atoms with Gasteiger partial charge in [-0.1, -0.05) is 38.1 Å². The third-order valence-corrected chi connectivity index (χ3v) is 4.52. The summed E-state index contributed by atoms with van der Waals surface area (Å²) in [6, 6.07) is 7.43. The van der Waals surface area contributed by atoms with Gasteiger partial charge in [-0.2, -0.15) is 0 Å². The van der Waals surface area contributed by atoms with Crippen molar-refractivity contribution in [2.45, 2.75) is 39.7 Å². The van der Waals surface area contributed by atoms with Crippen molar-refractivity contribution in [3.63, 3.8) is 0 Å². The van der Waals surface area contributed by atoms with Gasteiger partial charge in [0.25, 0.3) is 0 Å². The van der Waals surface area contributed by atoms with Gasteiger partial charge in [-0.25, -0.2) is 13.1 Å². The van der Waals surface area contributed by atoms with Crippen LogP contribution in [0, 0.1) is 5.92 Å². The summed E-state index contributed by atoms with van der Waals surface area (Å²) in [6.45, 7) is 6.04. The van der Waals surface area contributed by atoms with Gasteiger partial charge >= 0.3 is 5.97 Å². The van der Waals surface area contributed by atoms with Crippen LogP contribution in [0.15, 0.2) is 24.3 Å². The van der Waals surface area contributed by atoms with Crippen LogP contribution < -0.4 is 4.72 Å². The van der Waals surface area contributed by atoms with Gasteiger partial charge in [-0.3, -0.25) is 4.79 Å². The first-order chi connectivity index (χ1) is 9.69. The Labute approximate surface area is 126 Å². The molecule has 2 N–H and O–H groups in total. The molecule has 0 heterocycles. The molecule has 0 aliphatic rings. The van der Waals surface area contributed by atoms with E-state index in [0.717, 1.165) is 12.0 Å². The van der Waals surface area contributed by atoms with E-state index in [4.69, 9.17) is 5.11 Å².